The molecule has 0 aromatic heterocycles. The Kier molecular flexibility index (Phi) is 5.34. The van der Waals surface area contributed by atoms with Crippen LogP contribution in [0.3, 0.4) is 0 Å². The smallest absolute Gasteiger partial charge is 0.251 e. The number of hydrogen-bond acceptors (Lipinski definition) is 2. The van der Waals surface area contributed by atoms with Gasteiger partial charge in [-0.3, -0.25) is 4.79 Å². The molecule has 28 heavy (non-hydrogen) atoms. The molecule has 0 spiro atoms. The van der Waals surface area contributed by atoms with E-state index in [1.54, 1.807) is 0 Å². The number of hydrogen-bond donors (Lipinski definition) is 1. The average molecular weight is 373 g/mol. The van der Waals surface area contributed by atoms with E-state index < -0.39 is 0 Å². The van der Waals surface area contributed by atoms with Crippen LogP contribution in [0.2, 0.25) is 0 Å². The van der Waals surface area contributed by atoms with Crippen molar-refractivity contribution in [3.63, 3.8) is 0 Å². The third-order valence-electron chi connectivity index (χ3n) is 6.04. The van der Waals surface area contributed by atoms with E-state index in [2.05, 4.69) is 59.3 Å². The van der Waals surface area contributed by atoms with Gasteiger partial charge >= 0.3 is 0 Å². The van der Waals surface area contributed by atoms with Gasteiger partial charge in [-0.25, -0.2) is 0 Å². The molecule has 1 amide bonds. The Hall–Kier alpha value is -2.81. The van der Waals surface area contributed by atoms with Gasteiger partial charge in [-0.1, -0.05) is 54.6 Å². The average Bonchev–Trinajstić information content (AvgIpc) is 2.98. The summed E-state index contributed by atoms with van der Waals surface area (Å²) in [6.07, 6.45) is 6.70. The summed E-state index contributed by atoms with van der Waals surface area (Å²) in [7, 11) is 0. The Bertz CT molecular complexity index is 867. The molecule has 2 unspecified atom stereocenters. The van der Waals surface area contributed by atoms with Gasteiger partial charge in [0.25, 0.3) is 5.91 Å². The molecule has 0 aliphatic carbocycles. The van der Waals surface area contributed by atoms with Gasteiger partial charge in [0.2, 0.25) is 0 Å². The quantitative estimate of drug-likeness (QED) is 0.800. The first kappa shape index (κ1) is 18.5. The highest BCUT2D eigenvalue weighted by Gasteiger charge is 2.37. The summed E-state index contributed by atoms with van der Waals surface area (Å²) < 4.78 is 0. The second kappa shape index (κ2) is 8.05. The first-order valence-electron chi connectivity index (χ1n) is 10.3. The van der Waals surface area contributed by atoms with Crippen LogP contribution < -0.4 is 5.32 Å². The van der Waals surface area contributed by atoms with Crippen molar-refractivity contribution in [1.82, 2.24) is 10.2 Å². The predicted molar refractivity (Wildman–Crippen MR) is 115 cm³/mol. The van der Waals surface area contributed by atoms with Gasteiger partial charge in [-0.05, 0) is 67.6 Å². The Morgan fingerprint density at radius 2 is 1.57 bits per heavy atom. The second-order valence-electron chi connectivity index (χ2n) is 7.70. The predicted octanol–water partition coefficient (Wildman–Crippen LogP) is 5.01. The summed E-state index contributed by atoms with van der Waals surface area (Å²) >= 11 is 0. The summed E-state index contributed by atoms with van der Waals surface area (Å²) in [6, 6.07) is 19.9. The zero-order valence-electron chi connectivity index (χ0n) is 16.5. The minimum atomic E-state index is -0.0136. The Labute approximate surface area is 167 Å². The van der Waals surface area contributed by atoms with Crippen molar-refractivity contribution >= 4 is 11.5 Å². The van der Waals surface area contributed by atoms with E-state index in [9.17, 15) is 4.79 Å². The SMILES string of the molecule is C=CN1C2CCC1CC(=C(c1ccccc1)c1ccc(C(=O)NCC)cc1)C2. The first-order valence-corrected chi connectivity index (χ1v) is 10.3. The summed E-state index contributed by atoms with van der Waals surface area (Å²) in [4.78, 5) is 14.6. The molecule has 2 heterocycles. The summed E-state index contributed by atoms with van der Waals surface area (Å²) in [5.74, 6) is -0.0136. The molecule has 2 aliphatic rings. The Balaban J connectivity index is 1.74. The van der Waals surface area contributed by atoms with Crippen molar-refractivity contribution in [3.8, 4) is 0 Å². The molecule has 2 aromatic carbocycles. The number of fused-ring (bicyclic) bond motifs is 2. The second-order valence-corrected chi connectivity index (χ2v) is 7.70. The number of piperidine rings is 1. The molecule has 144 valence electrons. The molecule has 2 saturated heterocycles. The minimum absolute atomic E-state index is 0.0136. The van der Waals surface area contributed by atoms with Gasteiger partial charge < -0.3 is 10.2 Å². The van der Waals surface area contributed by atoms with Crippen LogP contribution in [-0.4, -0.2) is 29.4 Å². The minimum Gasteiger partial charge on any atom is -0.371 e. The van der Waals surface area contributed by atoms with E-state index in [0.717, 1.165) is 12.8 Å². The van der Waals surface area contributed by atoms with E-state index in [0.29, 0.717) is 24.2 Å². The fourth-order valence-corrected chi connectivity index (χ4v) is 4.78. The maximum Gasteiger partial charge on any atom is 0.251 e. The van der Waals surface area contributed by atoms with Crippen molar-refractivity contribution in [3.05, 3.63) is 89.6 Å². The highest BCUT2D eigenvalue weighted by atomic mass is 16.1. The van der Waals surface area contributed by atoms with Crippen LogP contribution in [-0.2, 0) is 0 Å². The van der Waals surface area contributed by atoms with Crippen molar-refractivity contribution in [1.29, 1.82) is 0 Å². The van der Waals surface area contributed by atoms with Crippen molar-refractivity contribution in [2.24, 2.45) is 0 Å². The number of rotatable bonds is 5. The number of carbonyl (C=O) groups excluding carboxylic acids is 1. The zero-order valence-corrected chi connectivity index (χ0v) is 16.5. The Morgan fingerprint density at radius 1 is 1.00 bits per heavy atom. The highest BCUT2D eigenvalue weighted by molar-refractivity contribution is 5.95. The van der Waals surface area contributed by atoms with Gasteiger partial charge in [0, 0.05) is 24.2 Å². The normalized spacial score (nSPS) is 20.8. The summed E-state index contributed by atoms with van der Waals surface area (Å²) in [5, 5.41) is 2.87. The molecule has 3 nitrogen and oxygen atoms in total. The lowest BCUT2D eigenvalue weighted by Gasteiger charge is -2.36. The van der Waals surface area contributed by atoms with Crippen LogP contribution in [0.25, 0.3) is 5.57 Å². The standard InChI is InChI=1S/C25H28N2O/c1-3-26-25(28)20-12-10-19(11-13-20)24(18-8-6-5-7-9-18)21-16-22-14-15-23(17-21)27(22)4-2/h4-13,22-23H,2-3,14-17H2,1H3,(H,26,28). The fourth-order valence-electron chi connectivity index (χ4n) is 4.78. The van der Waals surface area contributed by atoms with Gasteiger partial charge in [0.15, 0.2) is 0 Å². The molecule has 3 heteroatoms. The van der Waals surface area contributed by atoms with E-state index in [4.69, 9.17) is 0 Å². The first-order chi connectivity index (χ1) is 13.7. The maximum atomic E-state index is 12.1. The molecule has 2 bridgehead atoms. The summed E-state index contributed by atoms with van der Waals surface area (Å²) in [5.41, 5.74) is 6.03. The van der Waals surface area contributed by atoms with E-state index in [1.807, 2.05) is 25.3 Å². The lowest BCUT2D eigenvalue weighted by Crippen LogP contribution is -2.36. The van der Waals surface area contributed by atoms with Crippen LogP contribution >= 0.6 is 0 Å². The number of amides is 1. The van der Waals surface area contributed by atoms with Crippen molar-refractivity contribution in [2.75, 3.05) is 6.54 Å². The molecule has 4 rings (SSSR count). The van der Waals surface area contributed by atoms with Crippen molar-refractivity contribution in [2.45, 2.75) is 44.7 Å². The van der Waals surface area contributed by atoms with Crippen LogP contribution in [0.4, 0.5) is 0 Å². The third kappa shape index (κ3) is 3.49. The topological polar surface area (TPSA) is 32.3 Å². The molecular formula is C25H28N2O. The van der Waals surface area contributed by atoms with Crippen LogP contribution in [0.1, 0.15) is 54.1 Å². The summed E-state index contributed by atoms with van der Waals surface area (Å²) in [6.45, 7) is 6.60. The molecule has 0 radical (unpaired) electrons. The molecule has 2 aromatic rings. The van der Waals surface area contributed by atoms with Crippen LogP contribution in [0.15, 0.2) is 72.9 Å². The number of benzene rings is 2. The molecular weight excluding hydrogens is 344 g/mol. The van der Waals surface area contributed by atoms with Gasteiger partial charge in [0.1, 0.15) is 0 Å². The largest absolute Gasteiger partial charge is 0.371 e. The number of nitrogens with one attached hydrogen (secondary N) is 1. The van der Waals surface area contributed by atoms with Gasteiger partial charge in [-0.15, -0.1) is 0 Å². The number of nitrogens with zero attached hydrogens (tertiary/aromatic N) is 1. The van der Waals surface area contributed by atoms with Gasteiger partial charge in [-0.2, -0.15) is 0 Å². The molecule has 1 N–H and O–H groups in total. The highest BCUT2D eigenvalue weighted by Crippen LogP contribution is 2.42. The lowest BCUT2D eigenvalue weighted by atomic mass is 9.85. The molecule has 2 atom stereocenters. The third-order valence-corrected chi connectivity index (χ3v) is 6.04. The van der Waals surface area contributed by atoms with Crippen LogP contribution in [0.5, 0.6) is 0 Å². The molecule has 0 saturated carbocycles. The monoisotopic (exact) mass is 372 g/mol. The van der Waals surface area contributed by atoms with Crippen molar-refractivity contribution < 1.29 is 4.79 Å². The molecule has 2 fully saturated rings. The zero-order chi connectivity index (χ0) is 19.5. The van der Waals surface area contributed by atoms with E-state index in [-0.39, 0.29) is 5.91 Å². The number of carbonyl (C=O) groups is 1. The molecule has 2 aliphatic heterocycles. The lowest BCUT2D eigenvalue weighted by molar-refractivity contribution is 0.0956. The fraction of sp³-hybridized carbons (Fsp3) is 0.320. The Morgan fingerprint density at radius 3 is 2.14 bits per heavy atom. The maximum absolute atomic E-state index is 12.1. The van der Waals surface area contributed by atoms with Crippen LogP contribution in [0, 0.1) is 0 Å². The van der Waals surface area contributed by atoms with Gasteiger partial charge in [0.05, 0.1) is 0 Å². The van der Waals surface area contributed by atoms with E-state index in [1.165, 1.54) is 35.1 Å². The van der Waals surface area contributed by atoms with E-state index >= 15 is 0 Å².